The van der Waals surface area contributed by atoms with Gasteiger partial charge in [0.2, 0.25) is 0 Å². The first-order chi connectivity index (χ1) is 11.6. The molecule has 1 aromatic heterocycles. The van der Waals surface area contributed by atoms with Gasteiger partial charge >= 0.3 is 0 Å². The number of hydrogen-bond donors (Lipinski definition) is 2. The summed E-state index contributed by atoms with van der Waals surface area (Å²) in [5.41, 5.74) is 0. The molecule has 1 unspecified atom stereocenters. The van der Waals surface area contributed by atoms with Crippen molar-refractivity contribution in [1.29, 1.82) is 0 Å². The lowest BCUT2D eigenvalue weighted by Gasteiger charge is -2.22. The van der Waals surface area contributed by atoms with Crippen LogP contribution in [0.4, 0.5) is 0 Å². The van der Waals surface area contributed by atoms with Gasteiger partial charge in [-0.1, -0.05) is 13.8 Å². The van der Waals surface area contributed by atoms with Gasteiger partial charge in [-0.2, -0.15) is 0 Å². The molecule has 1 fully saturated rings. The molecule has 134 valence electrons. The number of guanidine groups is 1. The lowest BCUT2D eigenvalue weighted by atomic mass is 9.97. The lowest BCUT2D eigenvalue weighted by Crippen LogP contribution is -2.40. The molecule has 1 aliphatic heterocycles. The number of carbonyl (C=O) groups is 1. The maximum atomic E-state index is 11.8. The van der Waals surface area contributed by atoms with E-state index >= 15 is 0 Å². The van der Waals surface area contributed by atoms with E-state index in [1.165, 1.54) is 19.1 Å². The smallest absolute Gasteiger partial charge is 0.287 e. The summed E-state index contributed by atoms with van der Waals surface area (Å²) in [4.78, 5) is 18.8. The highest BCUT2D eigenvalue weighted by atomic mass is 16.3. The SMILES string of the molecule is CCNC(=NCCNC(=O)c1ccco1)N1CCC(CC(C)C)C1. The Kier molecular flexibility index (Phi) is 7.15. The molecule has 2 N–H and O–H groups in total. The van der Waals surface area contributed by atoms with Crippen LogP contribution >= 0.6 is 0 Å². The lowest BCUT2D eigenvalue weighted by molar-refractivity contribution is 0.0927. The third kappa shape index (κ3) is 5.58. The summed E-state index contributed by atoms with van der Waals surface area (Å²) in [6.07, 6.45) is 4.00. The van der Waals surface area contributed by atoms with Crippen molar-refractivity contribution < 1.29 is 9.21 Å². The third-order valence-corrected chi connectivity index (χ3v) is 4.13. The molecule has 1 amide bonds. The zero-order valence-corrected chi connectivity index (χ0v) is 15.0. The molecule has 24 heavy (non-hydrogen) atoms. The Morgan fingerprint density at radius 3 is 2.96 bits per heavy atom. The van der Waals surface area contributed by atoms with Crippen molar-refractivity contribution in [1.82, 2.24) is 15.5 Å². The molecule has 1 atom stereocenters. The highest BCUT2D eigenvalue weighted by Crippen LogP contribution is 2.23. The van der Waals surface area contributed by atoms with Gasteiger partial charge in [0.15, 0.2) is 11.7 Å². The van der Waals surface area contributed by atoms with Gasteiger partial charge in [-0.3, -0.25) is 9.79 Å². The molecule has 2 heterocycles. The topological polar surface area (TPSA) is 69.9 Å². The average Bonchev–Trinajstić information content (AvgIpc) is 3.21. The fourth-order valence-electron chi connectivity index (χ4n) is 3.14. The fourth-order valence-corrected chi connectivity index (χ4v) is 3.14. The number of carbonyl (C=O) groups excluding carboxylic acids is 1. The van der Waals surface area contributed by atoms with Crippen LogP contribution in [0.2, 0.25) is 0 Å². The molecule has 6 heteroatoms. The van der Waals surface area contributed by atoms with Crippen LogP contribution in [0, 0.1) is 11.8 Å². The van der Waals surface area contributed by atoms with Gasteiger partial charge in [-0.15, -0.1) is 0 Å². The standard InChI is InChI=1S/C18H30N4O2/c1-4-19-18(22-10-7-15(13-22)12-14(2)3)21-9-8-20-17(23)16-6-5-11-24-16/h5-6,11,14-15H,4,7-10,12-13H2,1-3H3,(H,19,21)(H,20,23). The van der Waals surface area contributed by atoms with Crippen LogP contribution in [0.25, 0.3) is 0 Å². The van der Waals surface area contributed by atoms with E-state index in [0.29, 0.717) is 18.8 Å². The Hall–Kier alpha value is -1.98. The third-order valence-electron chi connectivity index (χ3n) is 4.13. The van der Waals surface area contributed by atoms with Gasteiger partial charge in [0.05, 0.1) is 12.8 Å². The van der Waals surface area contributed by atoms with Crippen molar-refractivity contribution in [2.45, 2.75) is 33.6 Å². The number of amides is 1. The zero-order chi connectivity index (χ0) is 17.4. The molecule has 0 aliphatic carbocycles. The average molecular weight is 334 g/mol. The summed E-state index contributed by atoms with van der Waals surface area (Å²) in [7, 11) is 0. The maximum Gasteiger partial charge on any atom is 0.287 e. The summed E-state index contributed by atoms with van der Waals surface area (Å²) in [5.74, 6) is 2.59. The van der Waals surface area contributed by atoms with E-state index in [4.69, 9.17) is 4.42 Å². The second-order valence-electron chi connectivity index (χ2n) is 6.70. The molecule has 0 radical (unpaired) electrons. The van der Waals surface area contributed by atoms with Crippen molar-refractivity contribution in [3.63, 3.8) is 0 Å². The van der Waals surface area contributed by atoms with Crippen LogP contribution in [-0.4, -0.2) is 49.5 Å². The molecule has 1 saturated heterocycles. The quantitative estimate of drug-likeness (QED) is 0.456. The number of hydrogen-bond acceptors (Lipinski definition) is 3. The van der Waals surface area contributed by atoms with E-state index in [1.54, 1.807) is 12.1 Å². The largest absolute Gasteiger partial charge is 0.459 e. The number of rotatable bonds is 7. The summed E-state index contributed by atoms with van der Waals surface area (Å²) in [5, 5.41) is 6.18. The first-order valence-corrected chi connectivity index (χ1v) is 8.95. The van der Waals surface area contributed by atoms with Gasteiger partial charge in [-0.05, 0) is 43.7 Å². The van der Waals surface area contributed by atoms with Crippen LogP contribution in [0.5, 0.6) is 0 Å². The van der Waals surface area contributed by atoms with E-state index in [-0.39, 0.29) is 5.91 Å². The van der Waals surface area contributed by atoms with Gasteiger partial charge in [0.1, 0.15) is 0 Å². The molecule has 1 aromatic rings. The first-order valence-electron chi connectivity index (χ1n) is 8.95. The van der Waals surface area contributed by atoms with Gasteiger partial charge < -0.3 is 20.0 Å². The van der Waals surface area contributed by atoms with Gasteiger partial charge in [0.25, 0.3) is 5.91 Å². The van der Waals surface area contributed by atoms with E-state index in [2.05, 4.69) is 41.3 Å². The molecule has 2 rings (SSSR count). The van der Waals surface area contributed by atoms with Crippen molar-refractivity contribution in [2.24, 2.45) is 16.8 Å². The normalized spacial score (nSPS) is 18.2. The molecule has 0 saturated carbocycles. The minimum absolute atomic E-state index is 0.196. The van der Waals surface area contributed by atoms with Crippen LogP contribution in [0.1, 0.15) is 44.2 Å². The Balaban J connectivity index is 1.79. The van der Waals surface area contributed by atoms with Gasteiger partial charge in [-0.25, -0.2) is 0 Å². The second kappa shape index (κ2) is 9.35. The molecule has 1 aliphatic rings. The summed E-state index contributed by atoms with van der Waals surface area (Å²) >= 11 is 0. The second-order valence-corrected chi connectivity index (χ2v) is 6.70. The molecule has 6 nitrogen and oxygen atoms in total. The Bertz CT molecular complexity index is 525. The number of furan rings is 1. The number of nitrogens with one attached hydrogen (secondary N) is 2. The van der Waals surface area contributed by atoms with E-state index in [1.807, 2.05) is 0 Å². The minimum Gasteiger partial charge on any atom is -0.459 e. The molecule has 0 bridgehead atoms. The predicted octanol–water partition coefficient (Wildman–Crippen LogP) is 2.34. The summed E-state index contributed by atoms with van der Waals surface area (Å²) < 4.78 is 5.07. The molecule has 0 aromatic carbocycles. The highest BCUT2D eigenvalue weighted by molar-refractivity contribution is 5.91. The highest BCUT2D eigenvalue weighted by Gasteiger charge is 2.25. The zero-order valence-electron chi connectivity index (χ0n) is 15.0. The van der Waals surface area contributed by atoms with Crippen LogP contribution < -0.4 is 10.6 Å². The Labute approximate surface area is 144 Å². The maximum absolute atomic E-state index is 11.8. The fraction of sp³-hybridized carbons (Fsp3) is 0.667. The van der Waals surface area contributed by atoms with Gasteiger partial charge in [0, 0.05) is 26.2 Å². The monoisotopic (exact) mass is 334 g/mol. The summed E-state index contributed by atoms with van der Waals surface area (Å²) in [6, 6.07) is 3.36. The van der Waals surface area contributed by atoms with E-state index in [0.717, 1.165) is 37.4 Å². The van der Waals surface area contributed by atoms with Crippen LogP contribution in [0.15, 0.2) is 27.8 Å². The van der Waals surface area contributed by atoms with Crippen molar-refractivity contribution in [3.05, 3.63) is 24.2 Å². The van der Waals surface area contributed by atoms with Crippen LogP contribution in [-0.2, 0) is 0 Å². The molecule has 0 spiro atoms. The minimum atomic E-state index is -0.196. The first kappa shape index (κ1) is 18.4. The van der Waals surface area contributed by atoms with Crippen molar-refractivity contribution >= 4 is 11.9 Å². The van der Waals surface area contributed by atoms with Crippen LogP contribution in [0.3, 0.4) is 0 Å². The Morgan fingerprint density at radius 2 is 2.29 bits per heavy atom. The number of likely N-dealkylation sites (tertiary alicyclic amines) is 1. The number of nitrogens with zero attached hydrogens (tertiary/aromatic N) is 2. The van der Waals surface area contributed by atoms with Crippen molar-refractivity contribution in [3.8, 4) is 0 Å². The van der Waals surface area contributed by atoms with Crippen molar-refractivity contribution in [2.75, 3.05) is 32.7 Å². The Morgan fingerprint density at radius 1 is 1.46 bits per heavy atom. The molecular weight excluding hydrogens is 304 g/mol. The summed E-state index contributed by atoms with van der Waals surface area (Å²) in [6.45, 7) is 10.7. The van der Waals surface area contributed by atoms with E-state index in [9.17, 15) is 4.79 Å². The number of aliphatic imine (C=N–C) groups is 1. The van der Waals surface area contributed by atoms with E-state index < -0.39 is 0 Å². The molecular formula is C18H30N4O2. The predicted molar refractivity (Wildman–Crippen MR) is 96.2 cm³/mol.